The number of aryl methyl sites for hydroxylation is 1. The van der Waals surface area contributed by atoms with Gasteiger partial charge in [0.2, 0.25) is 0 Å². The lowest BCUT2D eigenvalue weighted by Crippen LogP contribution is -2.36. The molecule has 128 valence electrons. The van der Waals surface area contributed by atoms with Crippen LogP contribution in [0.4, 0.5) is 5.82 Å². The highest BCUT2D eigenvalue weighted by Gasteiger charge is 2.20. The van der Waals surface area contributed by atoms with Gasteiger partial charge in [-0.05, 0) is 43.0 Å². The third kappa shape index (κ3) is 2.90. The van der Waals surface area contributed by atoms with Crippen molar-refractivity contribution in [1.82, 2.24) is 15.2 Å². The summed E-state index contributed by atoms with van der Waals surface area (Å²) in [6, 6.07) is 8.68. The Labute approximate surface area is 147 Å². The van der Waals surface area contributed by atoms with E-state index in [0.717, 1.165) is 60.2 Å². The molecule has 1 atom stereocenters. The predicted octanol–water partition coefficient (Wildman–Crippen LogP) is 3.40. The standard InChI is InChI=1S/C18H20N5OP/c1-2-14-12-15-13(3-5-19)11-16(23-7-9-24-10-8-23)21-18(15)25(14)17-4-6-20-22-17/h4,6,11-12H,2-3,7-10H2,1H3,(H,20,22). The summed E-state index contributed by atoms with van der Waals surface area (Å²) in [6.45, 7) is 5.30. The van der Waals surface area contributed by atoms with Crippen LogP contribution in [-0.4, -0.2) is 41.5 Å². The molecule has 0 saturated carbocycles. The van der Waals surface area contributed by atoms with Crippen LogP contribution in [0.15, 0.2) is 24.4 Å². The smallest absolute Gasteiger partial charge is 0.130 e. The largest absolute Gasteiger partial charge is 0.378 e. The van der Waals surface area contributed by atoms with E-state index in [9.17, 15) is 5.26 Å². The molecule has 0 radical (unpaired) electrons. The number of rotatable bonds is 4. The fraction of sp³-hybridized carbons (Fsp3) is 0.389. The summed E-state index contributed by atoms with van der Waals surface area (Å²) in [5.41, 5.74) is 2.20. The highest BCUT2D eigenvalue weighted by Crippen LogP contribution is 2.51. The Morgan fingerprint density at radius 3 is 2.88 bits per heavy atom. The van der Waals surface area contributed by atoms with E-state index in [0.29, 0.717) is 6.42 Å². The number of nitrogens with one attached hydrogen (secondary N) is 1. The molecule has 1 unspecified atom stereocenters. The van der Waals surface area contributed by atoms with Gasteiger partial charge in [-0.3, -0.25) is 5.10 Å². The fourth-order valence-electron chi connectivity index (χ4n) is 3.36. The first kappa shape index (κ1) is 16.1. The Morgan fingerprint density at radius 2 is 2.20 bits per heavy atom. The zero-order valence-electron chi connectivity index (χ0n) is 14.2. The number of nitrogens with zero attached hydrogens (tertiary/aromatic N) is 4. The Kier molecular flexibility index (Phi) is 4.44. The van der Waals surface area contributed by atoms with Crippen LogP contribution in [0.25, 0.3) is 16.1 Å². The number of fused-ring (bicyclic) bond motifs is 1. The minimum absolute atomic E-state index is 0.405. The van der Waals surface area contributed by atoms with Crippen molar-refractivity contribution in [2.24, 2.45) is 0 Å². The van der Waals surface area contributed by atoms with Crippen molar-refractivity contribution in [3.8, 4) is 11.5 Å². The first-order valence-electron chi connectivity index (χ1n) is 8.55. The molecular formula is C18H20N5OP. The maximum Gasteiger partial charge on any atom is 0.130 e. The monoisotopic (exact) mass is 353 g/mol. The van der Waals surface area contributed by atoms with Gasteiger partial charge in [0.15, 0.2) is 0 Å². The van der Waals surface area contributed by atoms with Gasteiger partial charge in [-0.1, -0.05) is 6.92 Å². The fourth-order valence-corrected chi connectivity index (χ4v) is 5.77. The normalized spacial score (nSPS) is 15.5. The second-order valence-electron chi connectivity index (χ2n) is 6.08. The van der Waals surface area contributed by atoms with Crippen LogP contribution in [0.2, 0.25) is 0 Å². The number of pyridine rings is 1. The first-order valence-corrected chi connectivity index (χ1v) is 9.89. The van der Waals surface area contributed by atoms with Crippen molar-refractivity contribution in [3.63, 3.8) is 0 Å². The summed E-state index contributed by atoms with van der Waals surface area (Å²) in [4.78, 5) is 7.30. The summed E-state index contributed by atoms with van der Waals surface area (Å²) < 4.78 is 5.46. The van der Waals surface area contributed by atoms with Crippen LogP contribution in [0.1, 0.15) is 17.8 Å². The molecule has 0 aliphatic carbocycles. The molecule has 1 aliphatic rings. The first-order chi connectivity index (χ1) is 12.3. The highest BCUT2D eigenvalue weighted by molar-refractivity contribution is 7.62. The summed E-state index contributed by atoms with van der Waals surface area (Å²) in [6.07, 6.45) is 3.17. The van der Waals surface area contributed by atoms with E-state index in [1.54, 1.807) is 6.20 Å². The molecule has 6 nitrogen and oxygen atoms in total. The van der Waals surface area contributed by atoms with Crippen LogP contribution >= 0.6 is 7.53 Å². The van der Waals surface area contributed by atoms with E-state index in [2.05, 4.69) is 40.2 Å². The van der Waals surface area contributed by atoms with Crippen LogP contribution in [0.5, 0.6) is 0 Å². The second kappa shape index (κ2) is 6.87. The molecule has 4 rings (SSSR count). The Bertz CT molecular complexity index is 919. The van der Waals surface area contributed by atoms with Gasteiger partial charge in [0.05, 0.1) is 36.4 Å². The third-order valence-electron chi connectivity index (χ3n) is 4.61. The van der Waals surface area contributed by atoms with E-state index in [1.165, 1.54) is 5.30 Å². The number of nitriles is 1. The van der Waals surface area contributed by atoms with Gasteiger partial charge in [-0.15, -0.1) is 0 Å². The van der Waals surface area contributed by atoms with Gasteiger partial charge >= 0.3 is 0 Å². The number of aromatic nitrogens is 3. The van der Waals surface area contributed by atoms with Gasteiger partial charge in [0, 0.05) is 24.7 Å². The molecule has 25 heavy (non-hydrogen) atoms. The Hall–Kier alpha value is -2.35. The Morgan fingerprint density at radius 1 is 1.36 bits per heavy atom. The van der Waals surface area contributed by atoms with E-state index >= 15 is 0 Å². The molecule has 4 heterocycles. The predicted molar refractivity (Wildman–Crippen MR) is 99.7 cm³/mol. The number of hydrogen-bond acceptors (Lipinski definition) is 5. The minimum Gasteiger partial charge on any atom is -0.378 e. The van der Waals surface area contributed by atoms with Crippen molar-refractivity contribution in [1.29, 1.82) is 5.26 Å². The molecule has 0 aromatic carbocycles. The molecular weight excluding hydrogens is 333 g/mol. The van der Waals surface area contributed by atoms with Crippen molar-refractivity contribution in [2.75, 3.05) is 31.2 Å². The number of morpholine rings is 1. The zero-order valence-corrected chi connectivity index (χ0v) is 15.1. The van der Waals surface area contributed by atoms with Gasteiger partial charge < -0.3 is 9.64 Å². The van der Waals surface area contributed by atoms with Crippen LogP contribution < -0.4 is 4.90 Å². The topological polar surface area (TPSA) is 77.8 Å². The number of aromatic amines is 1. The maximum absolute atomic E-state index is 9.29. The van der Waals surface area contributed by atoms with E-state index < -0.39 is 7.53 Å². The second-order valence-corrected chi connectivity index (χ2v) is 8.23. The molecule has 7 heteroatoms. The number of hydrogen-bond donors (Lipinski definition) is 1. The SMILES string of the molecule is CCc1cc2c(CC#N)cc(N3CCOCC3)nc2p1-c1ccn[nH]1. The van der Waals surface area contributed by atoms with Crippen molar-refractivity contribution in [2.45, 2.75) is 19.8 Å². The van der Waals surface area contributed by atoms with Gasteiger partial charge in [0.25, 0.3) is 0 Å². The summed E-state index contributed by atoms with van der Waals surface area (Å²) in [5, 5.41) is 20.2. The van der Waals surface area contributed by atoms with Crippen molar-refractivity contribution in [3.05, 3.63) is 35.3 Å². The van der Waals surface area contributed by atoms with Crippen LogP contribution in [0, 0.1) is 11.3 Å². The summed E-state index contributed by atoms with van der Waals surface area (Å²) in [7, 11) is -0.682. The lowest BCUT2D eigenvalue weighted by atomic mass is 10.1. The molecule has 3 aromatic rings. The van der Waals surface area contributed by atoms with Crippen molar-refractivity contribution < 1.29 is 4.74 Å². The molecule has 0 spiro atoms. The van der Waals surface area contributed by atoms with E-state index in [4.69, 9.17) is 9.72 Å². The zero-order chi connectivity index (χ0) is 17.2. The molecule has 1 N–H and O–H groups in total. The third-order valence-corrected chi connectivity index (χ3v) is 7.13. The van der Waals surface area contributed by atoms with Gasteiger partial charge in [0.1, 0.15) is 5.82 Å². The number of anilines is 1. The van der Waals surface area contributed by atoms with Gasteiger partial charge in [-0.2, -0.15) is 10.4 Å². The highest BCUT2D eigenvalue weighted by atomic mass is 31.1. The average Bonchev–Trinajstić information content (AvgIpc) is 3.29. The summed E-state index contributed by atoms with van der Waals surface area (Å²) in [5.74, 6) is 0.963. The van der Waals surface area contributed by atoms with E-state index in [1.807, 2.05) is 6.07 Å². The number of H-pyrrole nitrogens is 1. The Balaban J connectivity index is 1.94. The lowest BCUT2D eigenvalue weighted by Gasteiger charge is -2.28. The van der Waals surface area contributed by atoms with Crippen LogP contribution in [-0.2, 0) is 17.6 Å². The molecule has 3 aromatic heterocycles. The quantitative estimate of drug-likeness (QED) is 0.778. The van der Waals surface area contributed by atoms with Gasteiger partial charge in [-0.25, -0.2) is 4.98 Å². The lowest BCUT2D eigenvalue weighted by molar-refractivity contribution is 0.122. The number of ether oxygens (including phenoxy) is 1. The summed E-state index contributed by atoms with van der Waals surface area (Å²) >= 11 is 0. The molecule has 0 bridgehead atoms. The van der Waals surface area contributed by atoms with Crippen LogP contribution in [0.3, 0.4) is 0 Å². The average molecular weight is 353 g/mol. The van der Waals surface area contributed by atoms with Crippen molar-refractivity contribution >= 4 is 24.0 Å². The molecule has 1 aliphatic heterocycles. The molecule has 1 saturated heterocycles. The minimum atomic E-state index is -0.682. The molecule has 0 amide bonds. The molecule has 1 fully saturated rings. The van der Waals surface area contributed by atoms with E-state index in [-0.39, 0.29) is 0 Å². The maximum atomic E-state index is 9.29.